The highest BCUT2D eigenvalue weighted by molar-refractivity contribution is 9.10. The number of allylic oxidation sites excluding steroid dienone is 1. The largest absolute Gasteiger partial charge is 0.492 e. The number of halogens is 1. The Balaban J connectivity index is 1.99. The molecule has 35 heavy (non-hydrogen) atoms. The van der Waals surface area contributed by atoms with Gasteiger partial charge in [0.25, 0.3) is 0 Å². The summed E-state index contributed by atoms with van der Waals surface area (Å²) in [6, 6.07) is 12.3. The molecular formula is C24H24BrN3O6S. The number of nitrogens with zero attached hydrogens (tertiary/aromatic N) is 2. The van der Waals surface area contributed by atoms with Crippen LogP contribution in [-0.4, -0.2) is 43.7 Å². The number of ketones is 1. The van der Waals surface area contributed by atoms with Crippen LogP contribution in [0.5, 0.6) is 5.75 Å². The van der Waals surface area contributed by atoms with Crippen molar-refractivity contribution in [1.29, 1.82) is 5.26 Å². The number of hydrogen-bond donors (Lipinski definition) is 1. The van der Waals surface area contributed by atoms with Gasteiger partial charge in [-0.15, -0.1) is 0 Å². The van der Waals surface area contributed by atoms with Gasteiger partial charge in [-0.25, -0.2) is 8.42 Å². The molecule has 1 aliphatic heterocycles. The van der Waals surface area contributed by atoms with E-state index >= 15 is 0 Å². The molecule has 11 heteroatoms. The molecule has 1 aliphatic rings. The van der Waals surface area contributed by atoms with Crippen LogP contribution in [0.3, 0.4) is 0 Å². The third kappa shape index (κ3) is 5.73. The molecule has 3 rings (SSSR count). The van der Waals surface area contributed by atoms with Crippen LogP contribution in [-0.2, 0) is 37.3 Å². The number of benzene rings is 2. The van der Waals surface area contributed by atoms with Gasteiger partial charge in [0, 0.05) is 23.1 Å². The second-order valence-corrected chi connectivity index (χ2v) is 10.5. The quantitative estimate of drug-likeness (QED) is 0.294. The Morgan fingerprint density at radius 1 is 1.23 bits per heavy atom. The predicted molar refractivity (Wildman–Crippen MR) is 130 cm³/mol. The van der Waals surface area contributed by atoms with Crippen molar-refractivity contribution < 1.29 is 27.5 Å². The van der Waals surface area contributed by atoms with Crippen molar-refractivity contribution in [1.82, 2.24) is 4.31 Å². The SMILES string of the molecule is CCOc1ccc(Br)cc1S(=O)(=O)N1Cc2ccccc2C[C@@H]1C(=O)OCC(=O)/C(C#N)=C(/C)N. The first kappa shape index (κ1) is 26.4. The number of fused-ring (bicyclic) bond motifs is 1. The van der Waals surface area contributed by atoms with Crippen LogP contribution in [0.2, 0.25) is 0 Å². The van der Waals surface area contributed by atoms with E-state index in [1.165, 1.54) is 19.1 Å². The number of carbonyl (C=O) groups is 2. The van der Waals surface area contributed by atoms with Crippen LogP contribution in [0.15, 0.2) is 63.1 Å². The van der Waals surface area contributed by atoms with Gasteiger partial charge in [0.2, 0.25) is 15.8 Å². The van der Waals surface area contributed by atoms with Gasteiger partial charge in [-0.05, 0) is 43.2 Å². The second kappa shape index (κ2) is 11.0. The first-order chi connectivity index (χ1) is 16.6. The molecule has 0 amide bonds. The van der Waals surface area contributed by atoms with E-state index < -0.39 is 34.4 Å². The summed E-state index contributed by atoms with van der Waals surface area (Å²) >= 11 is 3.30. The van der Waals surface area contributed by atoms with Crippen LogP contribution >= 0.6 is 15.9 Å². The summed E-state index contributed by atoms with van der Waals surface area (Å²) in [6.45, 7) is 2.56. The molecule has 9 nitrogen and oxygen atoms in total. The van der Waals surface area contributed by atoms with Crippen LogP contribution < -0.4 is 10.5 Å². The maximum Gasteiger partial charge on any atom is 0.325 e. The number of nitrogens with two attached hydrogens (primary N) is 1. The zero-order valence-electron chi connectivity index (χ0n) is 19.2. The molecule has 0 aliphatic carbocycles. The Hall–Kier alpha value is -3.20. The smallest absolute Gasteiger partial charge is 0.325 e. The number of carbonyl (C=O) groups excluding carboxylic acids is 2. The van der Waals surface area contributed by atoms with Crippen LogP contribution in [0, 0.1) is 11.3 Å². The molecule has 2 aromatic rings. The van der Waals surface area contributed by atoms with E-state index in [1.54, 1.807) is 37.3 Å². The Labute approximate surface area is 212 Å². The fourth-order valence-electron chi connectivity index (χ4n) is 3.71. The van der Waals surface area contributed by atoms with Gasteiger partial charge in [-0.3, -0.25) is 9.59 Å². The fourth-order valence-corrected chi connectivity index (χ4v) is 5.94. The van der Waals surface area contributed by atoms with Crippen molar-refractivity contribution in [2.75, 3.05) is 13.2 Å². The second-order valence-electron chi connectivity index (χ2n) is 7.76. The Morgan fingerprint density at radius 2 is 1.91 bits per heavy atom. The van der Waals surface area contributed by atoms with Gasteiger partial charge in [-0.1, -0.05) is 40.2 Å². The molecule has 0 bridgehead atoms. The van der Waals surface area contributed by atoms with Crippen LogP contribution in [0.1, 0.15) is 25.0 Å². The third-order valence-corrected chi connectivity index (χ3v) is 7.77. The number of rotatable bonds is 8. The Morgan fingerprint density at radius 3 is 2.54 bits per heavy atom. The average molecular weight is 562 g/mol. The summed E-state index contributed by atoms with van der Waals surface area (Å²) in [5.74, 6) is -1.52. The zero-order valence-corrected chi connectivity index (χ0v) is 21.6. The molecule has 1 heterocycles. The van der Waals surface area contributed by atoms with Gasteiger partial charge in [0.1, 0.15) is 28.3 Å². The van der Waals surface area contributed by atoms with Gasteiger partial charge in [0.15, 0.2) is 6.61 Å². The molecular weight excluding hydrogens is 538 g/mol. The lowest BCUT2D eigenvalue weighted by Crippen LogP contribution is -2.49. The first-order valence-electron chi connectivity index (χ1n) is 10.7. The molecule has 0 saturated carbocycles. The summed E-state index contributed by atoms with van der Waals surface area (Å²) in [4.78, 5) is 25.3. The Kier molecular flexibility index (Phi) is 8.32. The summed E-state index contributed by atoms with van der Waals surface area (Å²) in [6.07, 6.45) is 0.0528. The molecule has 1 atom stereocenters. The molecule has 2 aromatic carbocycles. The van der Waals surface area contributed by atoms with E-state index in [9.17, 15) is 18.0 Å². The zero-order chi connectivity index (χ0) is 25.8. The number of ether oxygens (including phenoxy) is 2. The standard InChI is InChI=1S/C24H24BrN3O6S/c1-3-33-22-9-8-18(25)11-23(22)35(31,32)28-13-17-7-5-4-6-16(17)10-20(28)24(30)34-14-21(29)19(12-26)15(2)27/h4-9,11,20H,3,10,13-14,27H2,1-2H3/b19-15-/t20-/m1/s1. The summed E-state index contributed by atoms with van der Waals surface area (Å²) in [5.41, 5.74) is 6.77. The third-order valence-electron chi connectivity index (χ3n) is 5.40. The number of nitriles is 1. The van der Waals surface area contributed by atoms with Crippen LogP contribution in [0.4, 0.5) is 0 Å². The maximum atomic E-state index is 13.8. The number of esters is 1. The molecule has 0 aromatic heterocycles. The van der Waals surface area contributed by atoms with E-state index in [0.29, 0.717) is 4.47 Å². The molecule has 0 fully saturated rings. The lowest BCUT2D eigenvalue weighted by molar-refractivity contribution is -0.151. The lowest BCUT2D eigenvalue weighted by atomic mass is 9.96. The summed E-state index contributed by atoms with van der Waals surface area (Å²) in [7, 11) is -4.24. The van der Waals surface area contributed by atoms with E-state index in [1.807, 2.05) is 6.07 Å². The Bertz CT molecular complexity index is 1330. The van der Waals surface area contributed by atoms with E-state index in [-0.39, 0.29) is 41.5 Å². The van der Waals surface area contributed by atoms with Crippen molar-refractivity contribution in [2.24, 2.45) is 5.73 Å². The molecule has 0 saturated heterocycles. The van der Waals surface area contributed by atoms with E-state index in [2.05, 4.69) is 15.9 Å². The van der Waals surface area contributed by atoms with Crippen molar-refractivity contribution in [2.45, 2.75) is 37.8 Å². The highest BCUT2D eigenvalue weighted by Crippen LogP contribution is 2.35. The molecule has 2 N–H and O–H groups in total. The van der Waals surface area contributed by atoms with Gasteiger partial charge < -0.3 is 15.2 Å². The number of Topliss-reactive ketones (excluding diaryl/α,β-unsaturated/α-hetero) is 1. The first-order valence-corrected chi connectivity index (χ1v) is 12.9. The highest BCUT2D eigenvalue weighted by Gasteiger charge is 2.42. The van der Waals surface area contributed by atoms with Crippen molar-refractivity contribution in [3.05, 3.63) is 69.3 Å². The maximum absolute atomic E-state index is 13.8. The predicted octanol–water partition coefficient (Wildman–Crippen LogP) is 2.83. The normalized spacial score (nSPS) is 16.5. The van der Waals surface area contributed by atoms with E-state index in [0.717, 1.165) is 15.4 Å². The fraction of sp³-hybridized carbons (Fsp3) is 0.292. The van der Waals surface area contributed by atoms with Gasteiger partial charge in [0.05, 0.1) is 6.61 Å². The van der Waals surface area contributed by atoms with Crippen molar-refractivity contribution >= 4 is 37.7 Å². The molecule has 0 radical (unpaired) electrons. The number of hydrogen-bond acceptors (Lipinski definition) is 8. The topological polar surface area (TPSA) is 140 Å². The summed E-state index contributed by atoms with van der Waals surface area (Å²) in [5, 5.41) is 9.10. The monoisotopic (exact) mass is 561 g/mol. The number of sulfonamides is 1. The lowest BCUT2D eigenvalue weighted by Gasteiger charge is -2.34. The minimum absolute atomic E-state index is 0.00227. The van der Waals surface area contributed by atoms with Crippen molar-refractivity contribution in [3.63, 3.8) is 0 Å². The van der Waals surface area contributed by atoms with Gasteiger partial charge in [-0.2, -0.15) is 9.57 Å². The van der Waals surface area contributed by atoms with Gasteiger partial charge >= 0.3 is 5.97 Å². The minimum Gasteiger partial charge on any atom is -0.492 e. The molecule has 0 spiro atoms. The minimum atomic E-state index is -4.24. The highest BCUT2D eigenvalue weighted by atomic mass is 79.9. The van der Waals surface area contributed by atoms with Crippen molar-refractivity contribution in [3.8, 4) is 11.8 Å². The van der Waals surface area contributed by atoms with E-state index in [4.69, 9.17) is 20.5 Å². The summed E-state index contributed by atoms with van der Waals surface area (Å²) < 4.78 is 39.9. The molecule has 0 unspecified atom stereocenters. The molecule has 184 valence electrons. The average Bonchev–Trinajstić information content (AvgIpc) is 2.83. The van der Waals surface area contributed by atoms with Crippen LogP contribution in [0.25, 0.3) is 0 Å².